The molecule has 0 unspecified atom stereocenters. The lowest BCUT2D eigenvalue weighted by atomic mass is 10.1. The third-order valence-electron chi connectivity index (χ3n) is 5.68. The molecular formula is C27H30N6O4. The Labute approximate surface area is 215 Å². The number of hydrogen-bond acceptors (Lipinski definition) is 9. The number of methoxy groups -OCH3 is 1. The van der Waals surface area contributed by atoms with Gasteiger partial charge >= 0.3 is 0 Å². The molecule has 3 rings (SSSR count). The Morgan fingerprint density at radius 1 is 0.946 bits per heavy atom. The molecule has 0 saturated carbocycles. The van der Waals surface area contributed by atoms with E-state index in [1.54, 1.807) is 38.1 Å². The number of benzene rings is 3. The molecule has 3 aromatic rings. The maximum absolute atomic E-state index is 11.3. The molecular weight excluding hydrogens is 472 g/mol. The zero-order chi connectivity index (χ0) is 26.9. The molecule has 0 atom stereocenters. The second-order valence-corrected chi connectivity index (χ2v) is 8.70. The van der Waals surface area contributed by atoms with Gasteiger partial charge in [0, 0.05) is 37.8 Å². The highest BCUT2D eigenvalue weighted by molar-refractivity contribution is 5.75. The number of nitro benzene ring substituents is 1. The Hall–Kier alpha value is -4.47. The number of rotatable bonds is 11. The first-order valence-corrected chi connectivity index (χ1v) is 11.8. The second kappa shape index (κ2) is 12.5. The van der Waals surface area contributed by atoms with Crippen molar-refractivity contribution < 1.29 is 14.5 Å². The van der Waals surface area contributed by atoms with Crippen LogP contribution in [0.2, 0.25) is 0 Å². The average Bonchev–Trinajstić information content (AvgIpc) is 2.87. The van der Waals surface area contributed by atoms with E-state index in [1.165, 1.54) is 13.2 Å². The van der Waals surface area contributed by atoms with Gasteiger partial charge in [-0.2, -0.15) is 5.11 Å². The lowest BCUT2D eigenvalue weighted by Crippen LogP contribution is -2.18. The van der Waals surface area contributed by atoms with E-state index in [2.05, 4.69) is 25.4 Å². The summed E-state index contributed by atoms with van der Waals surface area (Å²) < 4.78 is 5.47. The molecule has 0 saturated heterocycles. The molecule has 0 aliphatic rings. The summed E-state index contributed by atoms with van der Waals surface area (Å²) in [7, 11) is 3.51. The maximum Gasteiger partial charge on any atom is 0.296 e. The number of anilines is 1. The number of hydrogen-bond donors (Lipinski definition) is 0. The van der Waals surface area contributed by atoms with Crippen LogP contribution < -0.4 is 9.64 Å². The molecule has 0 spiro atoms. The van der Waals surface area contributed by atoms with Crippen LogP contribution in [0.3, 0.4) is 0 Å². The number of Topliss-reactive ketones (excluding diaryl/α,β-unsaturated/α-hetero) is 1. The molecule has 0 fully saturated rings. The fourth-order valence-electron chi connectivity index (χ4n) is 3.56. The molecule has 0 N–H and O–H groups in total. The minimum atomic E-state index is -0.475. The standard InChI is InChI=1S/C27H30N6O4/c1-18-8-13-23(26(15-18)33(35)36)29-30-24-17-27(37-5)25(16-19(24)2)31-28-21-9-11-22(12-10-21)32(4)14-6-7-20(3)34/h8-13,15-17H,6-7,14H2,1-5H3/b30-29+,31-28+. The highest BCUT2D eigenvalue weighted by Crippen LogP contribution is 2.37. The second-order valence-electron chi connectivity index (χ2n) is 8.70. The molecule has 0 amide bonds. The van der Waals surface area contributed by atoms with Gasteiger partial charge in [0.05, 0.1) is 23.4 Å². The lowest BCUT2D eigenvalue weighted by molar-refractivity contribution is -0.384. The highest BCUT2D eigenvalue weighted by Gasteiger charge is 2.14. The van der Waals surface area contributed by atoms with Crippen molar-refractivity contribution in [1.82, 2.24) is 0 Å². The number of aryl methyl sites for hydroxylation is 2. The smallest absolute Gasteiger partial charge is 0.296 e. The maximum atomic E-state index is 11.3. The van der Waals surface area contributed by atoms with Gasteiger partial charge in [-0.25, -0.2) is 0 Å². The van der Waals surface area contributed by atoms with Crippen molar-refractivity contribution in [3.05, 3.63) is 75.8 Å². The van der Waals surface area contributed by atoms with Crippen LogP contribution in [0.25, 0.3) is 0 Å². The summed E-state index contributed by atoms with van der Waals surface area (Å²) in [5, 5.41) is 28.3. The number of nitrogens with zero attached hydrogens (tertiary/aromatic N) is 6. The van der Waals surface area contributed by atoms with Crippen LogP contribution in [-0.4, -0.2) is 31.4 Å². The fraction of sp³-hybridized carbons (Fsp3) is 0.296. The molecule has 0 aliphatic heterocycles. The van der Waals surface area contributed by atoms with Gasteiger partial charge in [-0.05, 0) is 74.7 Å². The Morgan fingerprint density at radius 2 is 1.62 bits per heavy atom. The van der Waals surface area contributed by atoms with Crippen molar-refractivity contribution in [1.29, 1.82) is 0 Å². The van der Waals surface area contributed by atoms with E-state index in [1.807, 2.05) is 38.2 Å². The van der Waals surface area contributed by atoms with E-state index in [0.29, 0.717) is 29.2 Å². The van der Waals surface area contributed by atoms with Crippen LogP contribution in [0.5, 0.6) is 5.75 Å². The number of ether oxygens (including phenoxy) is 1. The van der Waals surface area contributed by atoms with Gasteiger partial charge in [0.2, 0.25) is 0 Å². The van der Waals surface area contributed by atoms with Crippen LogP contribution in [0.15, 0.2) is 75.1 Å². The molecule has 3 aromatic carbocycles. The van der Waals surface area contributed by atoms with Crippen molar-refractivity contribution >= 4 is 39.9 Å². The van der Waals surface area contributed by atoms with Crippen LogP contribution in [0.1, 0.15) is 30.9 Å². The van der Waals surface area contributed by atoms with Crippen molar-refractivity contribution in [2.24, 2.45) is 20.5 Å². The van der Waals surface area contributed by atoms with E-state index >= 15 is 0 Å². The van der Waals surface area contributed by atoms with E-state index in [0.717, 1.165) is 29.8 Å². The molecule has 0 heterocycles. The van der Waals surface area contributed by atoms with Gasteiger partial charge in [0.25, 0.3) is 5.69 Å². The first kappa shape index (κ1) is 27.1. The summed E-state index contributed by atoms with van der Waals surface area (Å²) >= 11 is 0. The van der Waals surface area contributed by atoms with Crippen molar-refractivity contribution in [3.63, 3.8) is 0 Å². The zero-order valence-corrected chi connectivity index (χ0v) is 21.6. The number of ketones is 1. The minimum Gasteiger partial charge on any atom is -0.494 e. The van der Waals surface area contributed by atoms with Gasteiger partial charge in [0.1, 0.15) is 17.2 Å². The number of carbonyl (C=O) groups is 1. The van der Waals surface area contributed by atoms with E-state index in [-0.39, 0.29) is 17.2 Å². The topological polar surface area (TPSA) is 122 Å². The van der Waals surface area contributed by atoms with Crippen molar-refractivity contribution in [2.75, 3.05) is 25.6 Å². The predicted octanol–water partition coefficient (Wildman–Crippen LogP) is 7.86. The third kappa shape index (κ3) is 7.50. The van der Waals surface area contributed by atoms with Gasteiger partial charge in [-0.3, -0.25) is 10.1 Å². The van der Waals surface area contributed by atoms with Crippen LogP contribution >= 0.6 is 0 Å². The molecule has 192 valence electrons. The minimum absolute atomic E-state index is 0.105. The van der Waals surface area contributed by atoms with Crippen molar-refractivity contribution in [3.8, 4) is 5.75 Å². The third-order valence-corrected chi connectivity index (χ3v) is 5.68. The Bertz CT molecular complexity index is 1340. The molecule has 37 heavy (non-hydrogen) atoms. The summed E-state index contributed by atoms with van der Waals surface area (Å²) in [6.07, 6.45) is 1.38. The van der Waals surface area contributed by atoms with E-state index in [4.69, 9.17) is 4.74 Å². The molecule has 10 nitrogen and oxygen atoms in total. The summed E-state index contributed by atoms with van der Waals surface area (Å²) in [6, 6.07) is 15.9. The lowest BCUT2D eigenvalue weighted by Gasteiger charge is -2.18. The summed E-state index contributed by atoms with van der Waals surface area (Å²) in [6.45, 7) is 6.01. The largest absolute Gasteiger partial charge is 0.494 e. The van der Waals surface area contributed by atoms with Gasteiger partial charge < -0.3 is 14.4 Å². The zero-order valence-electron chi connectivity index (χ0n) is 21.6. The molecule has 0 aromatic heterocycles. The molecule has 10 heteroatoms. The van der Waals surface area contributed by atoms with E-state index in [9.17, 15) is 14.9 Å². The fourth-order valence-corrected chi connectivity index (χ4v) is 3.56. The summed E-state index contributed by atoms with van der Waals surface area (Å²) in [5.74, 6) is 0.643. The van der Waals surface area contributed by atoms with Crippen molar-refractivity contribution in [2.45, 2.75) is 33.6 Å². The Kier molecular flexibility index (Phi) is 9.15. The van der Waals surface area contributed by atoms with Crippen LogP contribution in [0, 0.1) is 24.0 Å². The number of azo groups is 2. The average molecular weight is 503 g/mol. The predicted molar refractivity (Wildman–Crippen MR) is 144 cm³/mol. The normalized spacial score (nSPS) is 11.3. The molecule has 0 bridgehead atoms. The van der Waals surface area contributed by atoms with Crippen LogP contribution in [-0.2, 0) is 4.79 Å². The molecule has 0 aliphatic carbocycles. The quantitative estimate of drug-likeness (QED) is 0.150. The first-order chi connectivity index (χ1) is 17.7. The Balaban J connectivity index is 1.76. The first-order valence-electron chi connectivity index (χ1n) is 11.8. The number of nitro groups is 1. The van der Waals surface area contributed by atoms with Gasteiger partial charge in [0.15, 0.2) is 5.69 Å². The highest BCUT2D eigenvalue weighted by atomic mass is 16.6. The van der Waals surface area contributed by atoms with Crippen LogP contribution in [0.4, 0.5) is 34.1 Å². The van der Waals surface area contributed by atoms with Gasteiger partial charge in [-0.15, -0.1) is 15.3 Å². The monoisotopic (exact) mass is 502 g/mol. The van der Waals surface area contributed by atoms with Gasteiger partial charge in [-0.1, -0.05) is 6.07 Å². The summed E-state index contributed by atoms with van der Waals surface area (Å²) in [4.78, 5) is 24.1. The Morgan fingerprint density at radius 3 is 2.27 bits per heavy atom. The number of carbonyl (C=O) groups excluding carboxylic acids is 1. The summed E-state index contributed by atoms with van der Waals surface area (Å²) in [5.41, 5.74) is 4.32. The van der Waals surface area contributed by atoms with E-state index < -0.39 is 4.92 Å². The SMILES string of the molecule is COc1cc(/N=N/c2ccc(C)cc2[N+](=O)[O-])c(C)cc1/N=N/c1ccc(N(C)CCCC(C)=O)cc1. The molecule has 0 radical (unpaired) electrons.